The molecule has 0 saturated heterocycles. The van der Waals surface area contributed by atoms with Crippen LogP contribution in [0, 0.1) is 0 Å². The SMILES string of the molecule is COc1ncc(Cl)nc1N(Cl)S(=O)(=O)c1ccccc1. The second kappa shape index (κ2) is 5.82. The van der Waals surface area contributed by atoms with Crippen LogP contribution in [0.4, 0.5) is 5.82 Å². The second-order valence-electron chi connectivity index (χ2n) is 3.56. The molecule has 0 unspecified atom stereocenters. The Labute approximate surface area is 126 Å². The zero-order valence-corrected chi connectivity index (χ0v) is 12.5. The number of benzene rings is 1. The molecule has 0 spiro atoms. The predicted molar refractivity (Wildman–Crippen MR) is 75.6 cm³/mol. The number of methoxy groups -OCH3 is 1. The van der Waals surface area contributed by atoms with Crippen LogP contribution in [0.1, 0.15) is 0 Å². The van der Waals surface area contributed by atoms with Gasteiger partial charge < -0.3 is 4.74 Å². The fourth-order valence-electron chi connectivity index (χ4n) is 1.40. The third kappa shape index (κ3) is 2.79. The average Bonchev–Trinajstić information content (AvgIpc) is 2.47. The van der Waals surface area contributed by atoms with Gasteiger partial charge in [0.2, 0.25) is 5.82 Å². The molecule has 6 nitrogen and oxygen atoms in total. The topological polar surface area (TPSA) is 72.4 Å². The highest BCUT2D eigenvalue weighted by molar-refractivity contribution is 7.94. The van der Waals surface area contributed by atoms with Gasteiger partial charge in [-0.1, -0.05) is 29.8 Å². The van der Waals surface area contributed by atoms with Crippen LogP contribution in [-0.2, 0) is 10.0 Å². The number of nitrogens with zero attached hydrogens (tertiary/aromatic N) is 3. The maximum atomic E-state index is 12.3. The van der Waals surface area contributed by atoms with E-state index in [1.54, 1.807) is 18.2 Å². The third-order valence-electron chi connectivity index (χ3n) is 2.30. The Morgan fingerprint density at radius 3 is 2.50 bits per heavy atom. The van der Waals surface area contributed by atoms with Crippen LogP contribution in [0.3, 0.4) is 0 Å². The van der Waals surface area contributed by atoms with Crippen molar-refractivity contribution >= 4 is 39.2 Å². The van der Waals surface area contributed by atoms with Crippen molar-refractivity contribution in [3.63, 3.8) is 0 Å². The molecule has 0 bridgehead atoms. The number of sulfonamides is 1. The highest BCUT2D eigenvalue weighted by Gasteiger charge is 2.28. The Morgan fingerprint density at radius 1 is 1.25 bits per heavy atom. The fourth-order valence-corrected chi connectivity index (χ4v) is 2.92. The van der Waals surface area contributed by atoms with Crippen molar-refractivity contribution in [1.82, 2.24) is 9.97 Å². The van der Waals surface area contributed by atoms with Crippen LogP contribution in [0.5, 0.6) is 5.88 Å². The lowest BCUT2D eigenvalue weighted by atomic mass is 10.4. The van der Waals surface area contributed by atoms with Crippen molar-refractivity contribution in [3.8, 4) is 5.88 Å². The smallest absolute Gasteiger partial charge is 0.279 e. The number of ether oxygens (including phenoxy) is 1. The minimum Gasteiger partial charge on any atom is -0.478 e. The van der Waals surface area contributed by atoms with Gasteiger partial charge in [-0.25, -0.2) is 9.97 Å². The van der Waals surface area contributed by atoms with Gasteiger partial charge in [0, 0.05) is 11.8 Å². The molecule has 0 radical (unpaired) electrons. The van der Waals surface area contributed by atoms with Crippen LogP contribution in [0.25, 0.3) is 0 Å². The monoisotopic (exact) mass is 333 g/mol. The molecule has 2 rings (SSSR count). The van der Waals surface area contributed by atoms with Crippen LogP contribution >= 0.6 is 23.4 Å². The van der Waals surface area contributed by atoms with Crippen molar-refractivity contribution < 1.29 is 13.2 Å². The molecule has 1 aromatic heterocycles. The van der Waals surface area contributed by atoms with Crippen LogP contribution in [0.15, 0.2) is 41.4 Å². The number of hydrogen-bond donors (Lipinski definition) is 0. The van der Waals surface area contributed by atoms with Crippen molar-refractivity contribution in [3.05, 3.63) is 41.7 Å². The summed E-state index contributed by atoms with van der Waals surface area (Å²) in [6.45, 7) is 0. The normalized spacial score (nSPS) is 11.2. The summed E-state index contributed by atoms with van der Waals surface area (Å²) in [6, 6.07) is 7.68. The number of anilines is 1. The van der Waals surface area contributed by atoms with Gasteiger partial charge in [0.05, 0.1) is 18.2 Å². The minimum atomic E-state index is -3.98. The number of halogens is 2. The second-order valence-corrected chi connectivity index (χ2v) is 6.27. The van der Waals surface area contributed by atoms with Gasteiger partial charge in [-0.2, -0.15) is 12.2 Å². The maximum absolute atomic E-state index is 12.3. The van der Waals surface area contributed by atoms with E-state index in [2.05, 4.69) is 9.97 Å². The first-order chi connectivity index (χ1) is 9.46. The summed E-state index contributed by atoms with van der Waals surface area (Å²) in [6.07, 6.45) is 1.23. The quantitative estimate of drug-likeness (QED) is 0.803. The molecule has 106 valence electrons. The highest BCUT2D eigenvalue weighted by Crippen LogP contribution is 2.31. The van der Waals surface area contributed by atoms with Crippen LogP contribution in [0.2, 0.25) is 5.15 Å². The zero-order valence-electron chi connectivity index (χ0n) is 10.2. The predicted octanol–water partition coefficient (Wildman–Crippen LogP) is 2.49. The lowest BCUT2D eigenvalue weighted by Gasteiger charge is -2.16. The van der Waals surface area contributed by atoms with Crippen molar-refractivity contribution in [1.29, 1.82) is 0 Å². The van der Waals surface area contributed by atoms with Gasteiger partial charge in [-0.3, -0.25) is 0 Å². The molecule has 1 aromatic carbocycles. The molecule has 0 amide bonds. The van der Waals surface area contributed by atoms with Gasteiger partial charge in [-0.05, 0) is 12.1 Å². The summed E-state index contributed by atoms with van der Waals surface area (Å²) in [5.41, 5.74) is 0. The van der Waals surface area contributed by atoms with E-state index >= 15 is 0 Å². The highest BCUT2D eigenvalue weighted by atomic mass is 35.5. The van der Waals surface area contributed by atoms with Crippen LogP contribution in [-0.4, -0.2) is 25.5 Å². The van der Waals surface area contributed by atoms with E-state index in [-0.39, 0.29) is 21.7 Å². The van der Waals surface area contributed by atoms with Gasteiger partial charge in [0.15, 0.2) is 0 Å². The van der Waals surface area contributed by atoms with Crippen LogP contribution < -0.4 is 8.56 Å². The molecule has 0 saturated carbocycles. The Hall–Kier alpha value is -1.57. The molecule has 0 aliphatic carbocycles. The van der Waals surface area contributed by atoms with Gasteiger partial charge in [-0.15, -0.1) is 0 Å². The zero-order chi connectivity index (χ0) is 14.8. The first kappa shape index (κ1) is 14.8. The summed E-state index contributed by atoms with van der Waals surface area (Å²) in [5, 5.41) is -0.00490. The van der Waals surface area contributed by atoms with E-state index in [1.165, 1.54) is 25.4 Å². The molecular weight excluding hydrogens is 325 g/mol. The molecule has 0 atom stereocenters. The molecular formula is C11H9Cl2N3O3S. The number of aromatic nitrogens is 2. The lowest BCUT2D eigenvalue weighted by Crippen LogP contribution is -2.23. The lowest BCUT2D eigenvalue weighted by molar-refractivity contribution is 0.397. The summed E-state index contributed by atoms with van der Waals surface area (Å²) < 4.78 is 30.1. The van der Waals surface area contributed by atoms with E-state index in [0.717, 1.165) is 0 Å². The van der Waals surface area contributed by atoms with Crippen molar-refractivity contribution in [2.24, 2.45) is 0 Å². The van der Waals surface area contributed by atoms with E-state index in [9.17, 15) is 8.42 Å². The Balaban J connectivity index is 2.51. The summed E-state index contributed by atoms with van der Waals surface area (Å²) in [7, 11) is -2.66. The molecule has 0 aliphatic heterocycles. The van der Waals surface area contributed by atoms with Gasteiger partial charge in [0.1, 0.15) is 5.15 Å². The largest absolute Gasteiger partial charge is 0.478 e. The number of rotatable bonds is 4. The van der Waals surface area contributed by atoms with E-state index in [0.29, 0.717) is 3.82 Å². The summed E-state index contributed by atoms with van der Waals surface area (Å²) >= 11 is 11.6. The summed E-state index contributed by atoms with van der Waals surface area (Å²) in [5.74, 6) is -0.255. The molecule has 1 heterocycles. The Kier molecular flexibility index (Phi) is 4.32. The minimum absolute atomic E-state index is 0.00490. The Bertz CT molecular complexity index is 710. The standard InChI is InChI=1S/C11H9Cl2N3O3S/c1-19-11-10(15-9(12)7-14-11)16(13)20(17,18)8-5-3-2-4-6-8/h2-7H,1H3. The van der Waals surface area contributed by atoms with E-state index in [1.807, 2.05) is 0 Å². The molecule has 2 aromatic rings. The number of hydrogen-bond acceptors (Lipinski definition) is 5. The first-order valence-electron chi connectivity index (χ1n) is 5.29. The van der Waals surface area contributed by atoms with Crippen molar-refractivity contribution in [2.45, 2.75) is 4.90 Å². The third-order valence-corrected chi connectivity index (χ3v) is 4.65. The fraction of sp³-hybridized carbons (Fsp3) is 0.0909. The van der Waals surface area contributed by atoms with Crippen molar-refractivity contribution in [2.75, 3.05) is 10.9 Å². The van der Waals surface area contributed by atoms with E-state index < -0.39 is 10.0 Å². The van der Waals surface area contributed by atoms with Gasteiger partial charge in [0.25, 0.3) is 15.9 Å². The van der Waals surface area contributed by atoms with E-state index in [4.69, 9.17) is 28.1 Å². The molecule has 0 fully saturated rings. The maximum Gasteiger partial charge on any atom is 0.279 e. The molecule has 0 N–H and O–H groups in total. The first-order valence-corrected chi connectivity index (χ1v) is 7.45. The summed E-state index contributed by atoms with van der Waals surface area (Å²) in [4.78, 5) is 7.66. The van der Waals surface area contributed by atoms with Gasteiger partial charge >= 0.3 is 0 Å². The molecule has 9 heteroatoms. The molecule has 20 heavy (non-hydrogen) atoms. The average molecular weight is 334 g/mol. The molecule has 0 aliphatic rings. The Morgan fingerprint density at radius 2 is 1.90 bits per heavy atom.